The Morgan fingerprint density at radius 1 is 1.06 bits per heavy atom. The van der Waals surface area contributed by atoms with Crippen LogP contribution in [-0.2, 0) is 13.0 Å². The summed E-state index contributed by atoms with van der Waals surface area (Å²) in [5.74, 6) is 0. The molecule has 0 radical (unpaired) electrons. The first-order chi connectivity index (χ1) is 8.20. The van der Waals surface area contributed by atoms with Gasteiger partial charge in [0.1, 0.15) is 0 Å². The fourth-order valence-corrected chi connectivity index (χ4v) is 1.68. The summed E-state index contributed by atoms with van der Waals surface area (Å²) >= 11 is 0. The van der Waals surface area contributed by atoms with E-state index in [1.165, 1.54) is 0 Å². The molecule has 17 heavy (non-hydrogen) atoms. The van der Waals surface area contributed by atoms with E-state index in [9.17, 15) is 9.59 Å². The number of rotatable bonds is 3. The summed E-state index contributed by atoms with van der Waals surface area (Å²) in [5.41, 5.74) is 0.518. The van der Waals surface area contributed by atoms with Gasteiger partial charge < -0.3 is 10.1 Å². The highest BCUT2D eigenvalue weighted by Crippen LogP contribution is 2.07. The van der Waals surface area contributed by atoms with Gasteiger partial charge in [0.05, 0.1) is 12.2 Å². The van der Waals surface area contributed by atoms with Gasteiger partial charge in [-0.05, 0) is 5.56 Å². The minimum Gasteiger partial charge on any atom is -0.391 e. The molecular formula is C12H12N2O3. The summed E-state index contributed by atoms with van der Waals surface area (Å²) in [6.07, 6.45) is 0.413. The van der Waals surface area contributed by atoms with Crippen molar-refractivity contribution in [2.75, 3.05) is 0 Å². The lowest BCUT2D eigenvalue weighted by Gasteiger charge is -2.05. The van der Waals surface area contributed by atoms with Crippen LogP contribution in [0.3, 0.4) is 0 Å². The summed E-state index contributed by atoms with van der Waals surface area (Å²) < 4.78 is 0. The van der Waals surface area contributed by atoms with Gasteiger partial charge in [0.25, 0.3) is 5.56 Å². The molecule has 0 unspecified atom stereocenters. The second-order valence-corrected chi connectivity index (χ2v) is 3.69. The smallest absolute Gasteiger partial charge is 0.325 e. The number of hydrogen-bond donors (Lipinski definition) is 3. The number of aromatic nitrogens is 2. The summed E-state index contributed by atoms with van der Waals surface area (Å²) in [6.45, 7) is -0.395. The van der Waals surface area contributed by atoms with E-state index in [1.807, 2.05) is 30.3 Å². The van der Waals surface area contributed by atoms with E-state index in [0.717, 1.165) is 5.56 Å². The van der Waals surface area contributed by atoms with Gasteiger partial charge in [-0.2, -0.15) is 0 Å². The van der Waals surface area contributed by atoms with Crippen molar-refractivity contribution in [2.45, 2.75) is 13.0 Å². The van der Waals surface area contributed by atoms with E-state index in [1.54, 1.807) is 0 Å². The summed E-state index contributed by atoms with van der Waals surface area (Å²) in [5, 5.41) is 9.13. The van der Waals surface area contributed by atoms with Crippen molar-refractivity contribution < 1.29 is 5.11 Å². The molecule has 0 aliphatic rings. The molecule has 5 nitrogen and oxygen atoms in total. The summed E-state index contributed by atoms with van der Waals surface area (Å²) in [4.78, 5) is 27.3. The van der Waals surface area contributed by atoms with Gasteiger partial charge in [0.15, 0.2) is 0 Å². The Morgan fingerprint density at radius 2 is 1.76 bits per heavy atom. The number of hydrogen-bond acceptors (Lipinski definition) is 3. The van der Waals surface area contributed by atoms with Gasteiger partial charge in [-0.1, -0.05) is 30.3 Å². The minimum absolute atomic E-state index is 0.202. The predicted octanol–water partition coefficient (Wildman–Crippen LogP) is 0.146. The van der Waals surface area contributed by atoms with E-state index in [-0.39, 0.29) is 5.56 Å². The first kappa shape index (κ1) is 11.3. The van der Waals surface area contributed by atoms with Crippen LogP contribution in [-0.4, -0.2) is 15.1 Å². The fraction of sp³-hybridized carbons (Fsp3) is 0.167. The van der Waals surface area contributed by atoms with Gasteiger partial charge in [-0.15, -0.1) is 0 Å². The normalized spacial score (nSPS) is 10.4. The molecule has 1 aromatic carbocycles. The van der Waals surface area contributed by atoms with E-state index < -0.39 is 17.9 Å². The number of aliphatic hydroxyl groups excluding tert-OH is 1. The van der Waals surface area contributed by atoms with Crippen molar-refractivity contribution in [3.05, 3.63) is 68.0 Å². The molecule has 0 aliphatic carbocycles. The average Bonchev–Trinajstić information content (AvgIpc) is 2.30. The molecule has 0 fully saturated rings. The third-order valence-electron chi connectivity index (χ3n) is 2.51. The number of aromatic amines is 2. The minimum atomic E-state index is -0.557. The lowest BCUT2D eigenvalue weighted by atomic mass is 10.1. The van der Waals surface area contributed by atoms with E-state index in [2.05, 4.69) is 9.97 Å². The quantitative estimate of drug-likeness (QED) is 0.704. The van der Waals surface area contributed by atoms with Gasteiger partial charge in [0.2, 0.25) is 0 Å². The highest BCUT2D eigenvalue weighted by atomic mass is 16.3. The number of nitrogens with one attached hydrogen (secondary N) is 2. The van der Waals surface area contributed by atoms with Crippen LogP contribution in [0.25, 0.3) is 0 Å². The van der Waals surface area contributed by atoms with Crippen LogP contribution in [0.2, 0.25) is 0 Å². The van der Waals surface area contributed by atoms with Crippen LogP contribution in [0.5, 0.6) is 0 Å². The lowest BCUT2D eigenvalue weighted by Crippen LogP contribution is -2.28. The maximum atomic E-state index is 11.4. The Kier molecular flexibility index (Phi) is 3.20. The van der Waals surface area contributed by atoms with Gasteiger partial charge in [0, 0.05) is 12.1 Å². The largest absolute Gasteiger partial charge is 0.391 e. The molecule has 0 amide bonds. The van der Waals surface area contributed by atoms with E-state index >= 15 is 0 Å². The summed E-state index contributed by atoms with van der Waals surface area (Å²) in [7, 11) is 0. The monoisotopic (exact) mass is 232 g/mol. The molecule has 2 aromatic rings. The second kappa shape index (κ2) is 4.80. The molecule has 0 atom stereocenters. The predicted molar refractivity (Wildman–Crippen MR) is 62.9 cm³/mol. The van der Waals surface area contributed by atoms with Crippen molar-refractivity contribution in [2.24, 2.45) is 0 Å². The molecule has 1 heterocycles. The van der Waals surface area contributed by atoms with Crippen LogP contribution in [0, 0.1) is 0 Å². The standard InChI is InChI=1S/C12H12N2O3/c15-7-9-10(13-12(17)14-11(9)16)6-8-4-2-1-3-5-8/h1-5,15H,6-7H2,(H2,13,14,16,17). The molecule has 0 saturated heterocycles. The maximum absolute atomic E-state index is 11.4. The number of H-pyrrole nitrogens is 2. The molecule has 2 rings (SSSR count). The Labute approximate surface area is 96.8 Å². The van der Waals surface area contributed by atoms with Gasteiger partial charge in [-0.3, -0.25) is 9.78 Å². The van der Waals surface area contributed by atoms with Crippen LogP contribution >= 0.6 is 0 Å². The lowest BCUT2D eigenvalue weighted by molar-refractivity contribution is 0.278. The van der Waals surface area contributed by atoms with Crippen molar-refractivity contribution >= 4 is 0 Å². The molecule has 0 spiro atoms. The first-order valence-corrected chi connectivity index (χ1v) is 5.20. The summed E-state index contributed by atoms with van der Waals surface area (Å²) in [6, 6.07) is 9.41. The highest BCUT2D eigenvalue weighted by molar-refractivity contribution is 5.25. The molecule has 5 heteroatoms. The van der Waals surface area contributed by atoms with Crippen LogP contribution in [0.1, 0.15) is 16.8 Å². The zero-order chi connectivity index (χ0) is 12.3. The Bertz CT molecular complexity index is 614. The molecule has 88 valence electrons. The van der Waals surface area contributed by atoms with Gasteiger partial charge in [-0.25, -0.2) is 4.79 Å². The molecule has 0 aliphatic heterocycles. The topological polar surface area (TPSA) is 85.9 Å². The zero-order valence-corrected chi connectivity index (χ0v) is 9.06. The average molecular weight is 232 g/mol. The molecule has 0 saturated carbocycles. The van der Waals surface area contributed by atoms with E-state index in [4.69, 9.17) is 5.11 Å². The van der Waals surface area contributed by atoms with Crippen LogP contribution in [0.15, 0.2) is 39.9 Å². The molecule has 3 N–H and O–H groups in total. The van der Waals surface area contributed by atoms with Crippen LogP contribution in [0.4, 0.5) is 0 Å². The maximum Gasteiger partial charge on any atom is 0.325 e. The highest BCUT2D eigenvalue weighted by Gasteiger charge is 2.08. The number of benzene rings is 1. The van der Waals surface area contributed by atoms with Crippen molar-refractivity contribution in [3.63, 3.8) is 0 Å². The zero-order valence-electron chi connectivity index (χ0n) is 9.06. The molecule has 0 bridgehead atoms. The second-order valence-electron chi connectivity index (χ2n) is 3.69. The Hall–Kier alpha value is -2.14. The van der Waals surface area contributed by atoms with E-state index in [0.29, 0.717) is 12.1 Å². The SMILES string of the molecule is O=c1[nH]c(Cc2ccccc2)c(CO)c(=O)[nH]1. The van der Waals surface area contributed by atoms with Crippen LogP contribution < -0.4 is 11.2 Å². The third kappa shape index (κ3) is 2.51. The molecule has 1 aromatic heterocycles. The third-order valence-corrected chi connectivity index (χ3v) is 2.51. The number of aliphatic hydroxyl groups is 1. The van der Waals surface area contributed by atoms with Crippen molar-refractivity contribution in [1.82, 2.24) is 9.97 Å². The Morgan fingerprint density at radius 3 is 2.41 bits per heavy atom. The fourth-order valence-electron chi connectivity index (χ4n) is 1.68. The molecular weight excluding hydrogens is 220 g/mol. The van der Waals surface area contributed by atoms with Crippen molar-refractivity contribution in [1.29, 1.82) is 0 Å². The Balaban J connectivity index is 2.45. The first-order valence-electron chi connectivity index (χ1n) is 5.20. The van der Waals surface area contributed by atoms with Gasteiger partial charge >= 0.3 is 5.69 Å². The van der Waals surface area contributed by atoms with Crippen molar-refractivity contribution in [3.8, 4) is 0 Å².